The molecule has 0 atom stereocenters. The van der Waals surface area contributed by atoms with Crippen LogP contribution in [0.15, 0.2) is 47.3 Å². The average Bonchev–Trinajstić information content (AvgIpc) is 2.63. The molecule has 0 saturated carbocycles. The van der Waals surface area contributed by atoms with Gasteiger partial charge in [0.05, 0.1) is 6.54 Å². The average molecular weight is 417 g/mol. The fourth-order valence-corrected chi connectivity index (χ4v) is 3.32. The third-order valence-corrected chi connectivity index (χ3v) is 4.65. The van der Waals surface area contributed by atoms with Crippen LogP contribution in [0.5, 0.6) is 0 Å². The van der Waals surface area contributed by atoms with Crippen molar-refractivity contribution in [3.8, 4) is 11.1 Å². The second-order valence-corrected chi connectivity index (χ2v) is 8.17. The minimum Gasteiger partial charge on any atom is -0.444 e. The molecule has 2 aromatic carbocycles. The maximum absolute atomic E-state index is 13.5. The van der Waals surface area contributed by atoms with Crippen molar-refractivity contribution >= 4 is 28.5 Å². The highest BCUT2D eigenvalue weighted by molar-refractivity contribution is 6.31. The third-order valence-electron chi connectivity index (χ3n) is 4.41. The van der Waals surface area contributed by atoms with Gasteiger partial charge in [0, 0.05) is 28.7 Å². The lowest BCUT2D eigenvalue weighted by Crippen LogP contribution is -2.34. The maximum Gasteiger partial charge on any atom is 0.407 e. The number of benzene rings is 2. The van der Waals surface area contributed by atoms with Crippen molar-refractivity contribution < 1.29 is 13.9 Å². The molecule has 0 unspecified atom stereocenters. The minimum absolute atomic E-state index is 0.0514. The van der Waals surface area contributed by atoms with E-state index in [1.54, 1.807) is 58.2 Å². The Morgan fingerprint density at radius 1 is 1.14 bits per heavy atom. The van der Waals surface area contributed by atoms with Crippen molar-refractivity contribution in [1.82, 2.24) is 9.88 Å². The summed E-state index contributed by atoms with van der Waals surface area (Å²) >= 11 is 6.19. The molecule has 5 nitrogen and oxygen atoms in total. The van der Waals surface area contributed by atoms with Crippen LogP contribution in [0, 0.1) is 5.82 Å². The topological polar surface area (TPSA) is 60.3 Å². The Morgan fingerprint density at radius 3 is 2.41 bits per heavy atom. The fraction of sp³-hybridized carbons (Fsp3) is 0.273. The number of carbonyl (C=O) groups excluding carboxylic acids is 1. The van der Waals surface area contributed by atoms with Gasteiger partial charge in [0.2, 0.25) is 0 Å². The number of ether oxygens (including phenoxy) is 1. The molecular weight excluding hydrogens is 395 g/mol. The summed E-state index contributed by atoms with van der Waals surface area (Å²) in [6.45, 7) is 5.36. The quantitative estimate of drug-likeness (QED) is 0.652. The first-order valence-electron chi connectivity index (χ1n) is 9.11. The summed E-state index contributed by atoms with van der Waals surface area (Å²) in [6, 6.07) is 11.0. The SMILES string of the molecule is Cn1c(CNC(=O)OC(C)(C)C)c(-c2ccc(F)cc2)c2cc(Cl)ccc2c1=O. The summed E-state index contributed by atoms with van der Waals surface area (Å²) < 4.78 is 20.3. The molecule has 0 radical (unpaired) electrons. The second-order valence-electron chi connectivity index (χ2n) is 7.74. The predicted octanol–water partition coefficient (Wildman–Crippen LogP) is 5.02. The van der Waals surface area contributed by atoms with Crippen LogP contribution in [0.3, 0.4) is 0 Å². The largest absolute Gasteiger partial charge is 0.444 e. The monoisotopic (exact) mass is 416 g/mol. The number of amides is 1. The molecule has 1 N–H and O–H groups in total. The van der Waals surface area contributed by atoms with Crippen molar-refractivity contribution in [2.24, 2.45) is 7.05 Å². The highest BCUT2D eigenvalue weighted by Crippen LogP contribution is 2.32. The first kappa shape index (κ1) is 20.9. The molecule has 7 heteroatoms. The van der Waals surface area contributed by atoms with Crippen LogP contribution in [-0.2, 0) is 18.3 Å². The van der Waals surface area contributed by atoms with E-state index in [0.717, 1.165) is 0 Å². The van der Waals surface area contributed by atoms with Gasteiger partial charge in [-0.25, -0.2) is 9.18 Å². The Hall–Kier alpha value is -2.86. The van der Waals surface area contributed by atoms with Crippen LogP contribution >= 0.6 is 11.6 Å². The number of halogens is 2. The van der Waals surface area contributed by atoms with E-state index in [-0.39, 0.29) is 17.9 Å². The number of carbonyl (C=O) groups is 1. The van der Waals surface area contributed by atoms with E-state index in [1.807, 2.05) is 0 Å². The van der Waals surface area contributed by atoms with Gasteiger partial charge in [-0.2, -0.15) is 0 Å². The van der Waals surface area contributed by atoms with Gasteiger partial charge in [0.1, 0.15) is 11.4 Å². The van der Waals surface area contributed by atoms with E-state index in [2.05, 4.69) is 5.32 Å². The van der Waals surface area contributed by atoms with Crippen molar-refractivity contribution in [1.29, 1.82) is 0 Å². The van der Waals surface area contributed by atoms with Crippen molar-refractivity contribution in [3.63, 3.8) is 0 Å². The lowest BCUT2D eigenvalue weighted by atomic mass is 9.96. The van der Waals surface area contributed by atoms with Crippen LogP contribution in [0.4, 0.5) is 9.18 Å². The van der Waals surface area contributed by atoms with Gasteiger partial charge in [-0.3, -0.25) is 4.79 Å². The van der Waals surface area contributed by atoms with Gasteiger partial charge in [0.25, 0.3) is 5.56 Å². The molecule has 3 aromatic rings. The highest BCUT2D eigenvalue weighted by atomic mass is 35.5. The third kappa shape index (κ3) is 4.59. The molecule has 152 valence electrons. The van der Waals surface area contributed by atoms with Crippen LogP contribution < -0.4 is 10.9 Å². The molecule has 0 aliphatic heterocycles. The molecule has 3 rings (SSSR count). The predicted molar refractivity (Wildman–Crippen MR) is 113 cm³/mol. The summed E-state index contributed by atoms with van der Waals surface area (Å²) in [5.41, 5.74) is 1.09. The molecular formula is C22H22ClFN2O3. The van der Waals surface area contributed by atoms with E-state index in [1.165, 1.54) is 16.7 Å². The Balaban J connectivity index is 2.18. The summed E-state index contributed by atoms with van der Waals surface area (Å²) in [5, 5.41) is 4.28. The first-order chi connectivity index (χ1) is 13.6. The summed E-state index contributed by atoms with van der Waals surface area (Å²) in [4.78, 5) is 25.0. The smallest absolute Gasteiger partial charge is 0.407 e. The van der Waals surface area contributed by atoms with Crippen molar-refractivity contribution in [2.45, 2.75) is 32.9 Å². The van der Waals surface area contributed by atoms with E-state index >= 15 is 0 Å². The minimum atomic E-state index is -0.646. The molecule has 0 bridgehead atoms. The summed E-state index contributed by atoms with van der Waals surface area (Å²) in [6.07, 6.45) is -0.596. The zero-order valence-electron chi connectivity index (χ0n) is 16.7. The van der Waals surface area contributed by atoms with Gasteiger partial charge in [-0.15, -0.1) is 0 Å². The number of hydrogen-bond acceptors (Lipinski definition) is 3. The second kappa shape index (κ2) is 7.87. The number of nitrogens with one attached hydrogen (secondary N) is 1. The molecule has 0 spiro atoms. The van der Waals surface area contributed by atoms with E-state index in [9.17, 15) is 14.0 Å². The number of aromatic nitrogens is 1. The lowest BCUT2D eigenvalue weighted by Gasteiger charge is -2.21. The van der Waals surface area contributed by atoms with E-state index < -0.39 is 11.7 Å². The molecule has 0 aliphatic rings. The lowest BCUT2D eigenvalue weighted by molar-refractivity contribution is 0.0522. The molecule has 29 heavy (non-hydrogen) atoms. The van der Waals surface area contributed by atoms with E-state index in [0.29, 0.717) is 32.6 Å². The van der Waals surface area contributed by atoms with Gasteiger partial charge in [-0.05, 0) is 62.1 Å². The number of fused-ring (bicyclic) bond motifs is 1. The van der Waals surface area contributed by atoms with Crippen molar-refractivity contribution in [2.75, 3.05) is 0 Å². The first-order valence-corrected chi connectivity index (χ1v) is 9.48. The van der Waals surface area contributed by atoms with Gasteiger partial charge < -0.3 is 14.6 Å². The van der Waals surface area contributed by atoms with Gasteiger partial charge in [0.15, 0.2) is 0 Å². The van der Waals surface area contributed by atoms with Crippen LogP contribution in [-0.4, -0.2) is 16.3 Å². The number of pyridine rings is 1. The maximum atomic E-state index is 13.5. The zero-order valence-corrected chi connectivity index (χ0v) is 17.4. The Kier molecular flexibility index (Phi) is 5.66. The molecule has 0 aliphatic carbocycles. The number of rotatable bonds is 3. The van der Waals surface area contributed by atoms with Gasteiger partial charge in [-0.1, -0.05) is 23.7 Å². The van der Waals surface area contributed by atoms with Crippen molar-refractivity contribution in [3.05, 3.63) is 69.4 Å². The highest BCUT2D eigenvalue weighted by Gasteiger charge is 2.20. The Bertz CT molecular complexity index is 1130. The Labute approximate surface area is 173 Å². The summed E-state index contributed by atoms with van der Waals surface area (Å²) in [5.74, 6) is -0.366. The molecule has 0 saturated heterocycles. The summed E-state index contributed by atoms with van der Waals surface area (Å²) in [7, 11) is 1.63. The number of nitrogens with zero attached hydrogens (tertiary/aromatic N) is 1. The van der Waals surface area contributed by atoms with Crippen LogP contribution in [0.1, 0.15) is 26.5 Å². The number of alkyl carbamates (subject to hydrolysis) is 1. The normalized spacial score (nSPS) is 11.5. The van der Waals surface area contributed by atoms with E-state index in [4.69, 9.17) is 16.3 Å². The van der Waals surface area contributed by atoms with Gasteiger partial charge >= 0.3 is 6.09 Å². The zero-order chi connectivity index (χ0) is 21.3. The molecule has 1 aromatic heterocycles. The molecule has 1 heterocycles. The van der Waals surface area contributed by atoms with Crippen LogP contribution in [0.25, 0.3) is 21.9 Å². The standard InChI is InChI=1S/C22H22ClFN2O3/c1-22(2,3)29-21(28)25-12-18-19(13-5-8-15(24)9-6-13)17-11-14(23)7-10-16(17)20(27)26(18)4/h5-11H,12H2,1-4H3,(H,25,28). The number of hydrogen-bond donors (Lipinski definition) is 1. The molecule has 1 amide bonds. The molecule has 0 fully saturated rings. The fourth-order valence-electron chi connectivity index (χ4n) is 3.15. The Morgan fingerprint density at radius 2 is 1.79 bits per heavy atom. The van der Waals surface area contributed by atoms with Crippen LogP contribution in [0.2, 0.25) is 5.02 Å².